The van der Waals surface area contributed by atoms with Gasteiger partial charge in [0.05, 0.1) is 6.54 Å². The van der Waals surface area contributed by atoms with Crippen molar-refractivity contribution in [2.75, 3.05) is 31.1 Å². The lowest BCUT2D eigenvalue weighted by Gasteiger charge is -2.23. The molecule has 1 amide bonds. The van der Waals surface area contributed by atoms with Crippen LogP contribution >= 0.6 is 0 Å². The maximum atomic E-state index is 11.8. The minimum Gasteiger partial charge on any atom is -0.361 e. The molecule has 1 aromatic rings. The summed E-state index contributed by atoms with van der Waals surface area (Å²) in [7, 11) is 0. The van der Waals surface area contributed by atoms with E-state index < -0.39 is 0 Å². The Balaban J connectivity index is 2.06. The van der Waals surface area contributed by atoms with Crippen LogP contribution in [0.5, 0.6) is 0 Å². The van der Waals surface area contributed by atoms with Gasteiger partial charge in [0.15, 0.2) is 0 Å². The molecule has 1 aromatic carbocycles. The summed E-state index contributed by atoms with van der Waals surface area (Å²) in [6.45, 7) is 5.92. The molecule has 1 heterocycles. The van der Waals surface area contributed by atoms with Crippen molar-refractivity contribution in [2.24, 2.45) is 0 Å². The molecule has 0 radical (unpaired) electrons. The third-order valence-electron chi connectivity index (χ3n) is 3.11. The molecule has 4 heteroatoms. The number of benzene rings is 1. The van der Waals surface area contributed by atoms with Crippen molar-refractivity contribution in [3.8, 4) is 0 Å². The summed E-state index contributed by atoms with van der Waals surface area (Å²) in [6, 6.07) is 8.28. The number of carbonyl (C=O) groups excluding carboxylic acids is 1. The second-order valence-electron chi connectivity index (χ2n) is 4.58. The first-order valence-corrected chi connectivity index (χ1v) is 6.61. The van der Waals surface area contributed by atoms with Crippen LogP contribution in [-0.4, -0.2) is 32.1 Å². The smallest absolute Gasteiger partial charge is 0.239 e. The molecule has 0 aromatic heterocycles. The van der Waals surface area contributed by atoms with Crippen LogP contribution in [0.25, 0.3) is 0 Å². The monoisotopic (exact) mass is 247 g/mol. The molecule has 0 saturated carbocycles. The molecule has 0 saturated heterocycles. The minimum atomic E-state index is 0.105. The van der Waals surface area contributed by atoms with Crippen LogP contribution in [0.2, 0.25) is 0 Å². The second kappa shape index (κ2) is 6.40. The molecular formula is C14H21N3O. The van der Waals surface area contributed by atoms with Crippen molar-refractivity contribution >= 4 is 11.6 Å². The van der Waals surface area contributed by atoms with Crippen LogP contribution in [0.4, 0.5) is 5.69 Å². The van der Waals surface area contributed by atoms with Crippen molar-refractivity contribution in [3.63, 3.8) is 0 Å². The summed E-state index contributed by atoms with van der Waals surface area (Å²) in [5.74, 6) is 0.105. The predicted octanol–water partition coefficient (Wildman–Crippen LogP) is 1.12. The Kier molecular flexibility index (Phi) is 4.59. The number of carbonyl (C=O) groups is 1. The second-order valence-corrected chi connectivity index (χ2v) is 4.58. The van der Waals surface area contributed by atoms with Crippen molar-refractivity contribution in [3.05, 3.63) is 29.8 Å². The molecule has 2 rings (SSSR count). The summed E-state index contributed by atoms with van der Waals surface area (Å²) in [5.41, 5.74) is 2.44. The van der Waals surface area contributed by atoms with E-state index in [4.69, 9.17) is 0 Å². The fourth-order valence-corrected chi connectivity index (χ4v) is 2.18. The van der Waals surface area contributed by atoms with Gasteiger partial charge in [-0.1, -0.05) is 25.1 Å². The van der Waals surface area contributed by atoms with Crippen LogP contribution < -0.4 is 15.5 Å². The van der Waals surface area contributed by atoms with Gasteiger partial charge in [-0.05, 0) is 18.1 Å². The van der Waals surface area contributed by atoms with Crippen LogP contribution in [0.1, 0.15) is 18.9 Å². The molecule has 0 unspecified atom stereocenters. The van der Waals surface area contributed by atoms with E-state index in [0.29, 0.717) is 6.54 Å². The highest BCUT2D eigenvalue weighted by Crippen LogP contribution is 2.21. The van der Waals surface area contributed by atoms with Crippen LogP contribution in [0, 0.1) is 0 Å². The molecule has 0 spiro atoms. The number of fused-ring (bicyclic) bond motifs is 1. The Bertz CT molecular complexity index is 406. The maximum Gasteiger partial charge on any atom is 0.239 e. The summed E-state index contributed by atoms with van der Waals surface area (Å²) in [4.78, 5) is 14.0. The van der Waals surface area contributed by atoms with E-state index in [1.54, 1.807) is 0 Å². The van der Waals surface area contributed by atoms with Gasteiger partial charge in [-0.2, -0.15) is 0 Å². The summed E-state index contributed by atoms with van der Waals surface area (Å²) < 4.78 is 0. The highest BCUT2D eigenvalue weighted by atomic mass is 16.2. The van der Waals surface area contributed by atoms with Crippen molar-refractivity contribution < 1.29 is 4.79 Å². The number of amides is 1. The standard InChI is InChI=1S/C14H21N3O/c1-2-7-16-14(18)11-17-9-8-15-10-12-5-3-4-6-13(12)17/h3-6,15H,2,7-11H2,1H3,(H,16,18). The zero-order chi connectivity index (χ0) is 12.8. The molecule has 18 heavy (non-hydrogen) atoms. The third kappa shape index (κ3) is 3.23. The average Bonchev–Trinajstić information content (AvgIpc) is 2.59. The number of nitrogens with one attached hydrogen (secondary N) is 2. The molecule has 0 aliphatic carbocycles. The summed E-state index contributed by atoms with van der Waals surface area (Å²) >= 11 is 0. The quantitative estimate of drug-likeness (QED) is 0.838. The SMILES string of the molecule is CCCNC(=O)CN1CCNCc2ccccc21. The largest absolute Gasteiger partial charge is 0.361 e. The van der Waals surface area contributed by atoms with Gasteiger partial charge in [-0.15, -0.1) is 0 Å². The Hall–Kier alpha value is -1.55. The number of anilines is 1. The van der Waals surface area contributed by atoms with E-state index in [9.17, 15) is 4.79 Å². The van der Waals surface area contributed by atoms with Gasteiger partial charge in [0.2, 0.25) is 5.91 Å². The molecule has 1 aliphatic heterocycles. The Morgan fingerprint density at radius 1 is 1.44 bits per heavy atom. The first-order valence-electron chi connectivity index (χ1n) is 6.61. The van der Waals surface area contributed by atoms with E-state index in [1.807, 2.05) is 12.1 Å². The Morgan fingerprint density at radius 3 is 3.11 bits per heavy atom. The van der Waals surface area contributed by atoms with Gasteiger partial charge < -0.3 is 15.5 Å². The normalized spacial score (nSPS) is 14.8. The molecule has 0 bridgehead atoms. The third-order valence-corrected chi connectivity index (χ3v) is 3.11. The summed E-state index contributed by atoms with van der Waals surface area (Å²) in [5, 5.41) is 6.31. The maximum absolute atomic E-state index is 11.8. The Morgan fingerprint density at radius 2 is 2.28 bits per heavy atom. The van der Waals surface area contributed by atoms with Crippen molar-refractivity contribution in [1.29, 1.82) is 0 Å². The van der Waals surface area contributed by atoms with Gasteiger partial charge in [-0.25, -0.2) is 0 Å². The molecule has 98 valence electrons. The van der Waals surface area contributed by atoms with Gasteiger partial charge in [0, 0.05) is 31.9 Å². The van der Waals surface area contributed by atoms with Gasteiger partial charge in [0.25, 0.3) is 0 Å². The van der Waals surface area contributed by atoms with Crippen LogP contribution in [0.15, 0.2) is 24.3 Å². The van der Waals surface area contributed by atoms with E-state index >= 15 is 0 Å². The molecular weight excluding hydrogens is 226 g/mol. The zero-order valence-electron chi connectivity index (χ0n) is 10.9. The number of hydrogen-bond donors (Lipinski definition) is 2. The highest BCUT2D eigenvalue weighted by molar-refractivity contribution is 5.81. The molecule has 2 N–H and O–H groups in total. The lowest BCUT2D eigenvalue weighted by atomic mass is 10.1. The summed E-state index contributed by atoms with van der Waals surface area (Å²) in [6.07, 6.45) is 0.976. The first kappa shape index (κ1) is 12.9. The fourth-order valence-electron chi connectivity index (χ4n) is 2.18. The van der Waals surface area contributed by atoms with Crippen LogP contribution in [0.3, 0.4) is 0 Å². The fraction of sp³-hybridized carbons (Fsp3) is 0.500. The first-order chi connectivity index (χ1) is 8.81. The van der Waals surface area contributed by atoms with E-state index in [-0.39, 0.29) is 5.91 Å². The molecule has 1 aliphatic rings. The minimum absolute atomic E-state index is 0.105. The van der Waals surface area contributed by atoms with Gasteiger partial charge >= 0.3 is 0 Å². The predicted molar refractivity (Wildman–Crippen MR) is 73.7 cm³/mol. The molecule has 0 atom stereocenters. The van der Waals surface area contributed by atoms with E-state index in [0.717, 1.165) is 32.6 Å². The van der Waals surface area contributed by atoms with Crippen molar-refractivity contribution in [1.82, 2.24) is 10.6 Å². The van der Waals surface area contributed by atoms with Gasteiger partial charge in [-0.3, -0.25) is 4.79 Å². The Labute approximate surface area is 108 Å². The lowest BCUT2D eigenvalue weighted by molar-refractivity contribution is -0.119. The molecule has 4 nitrogen and oxygen atoms in total. The van der Waals surface area contributed by atoms with Crippen molar-refractivity contribution in [2.45, 2.75) is 19.9 Å². The molecule has 0 fully saturated rings. The zero-order valence-corrected chi connectivity index (χ0v) is 10.9. The lowest BCUT2D eigenvalue weighted by Crippen LogP contribution is -2.39. The topological polar surface area (TPSA) is 44.4 Å². The van der Waals surface area contributed by atoms with Crippen LogP contribution in [-0.2, 0) is 11.3 Å². The number of nitrogens with zero attached hydrogens (tertiary/aromatic N) is 1. The number of rotatable bonds is 4. The van der Waals surface area contributed by atoms with E-state index in [1.165, 1.54) is 11.3 Å². The highest BCUT2D eigenvalue weighted by Gasteiger charge is 2.16. The van der Waals surface area contributed by atoms with E-state index in [2.05, 4.69) is 34.6 Å². The van der Waals surface area contributed by atoms with Gasteiger partial charge in [0.1, 0.15) is 0 Å². The number of hydrogen-bond acceptors (Lipinski definition) is 3. The number of para-hydroxylation sites is 1. The average molecular weight is 247 g/mol.